The molecule has 0 saturated heterocycles. The fourth-order valence-corrected chi connectivity index (χ4v) is 4.78. The summed E-state index contributed by atoms with van der Waals surface area (Å²) in [5.41, 5.74) is 0. The van der Waals surface area contributed by atoms with E-state index >= 15 is 0 Å². The summed E-state index contributed by atoms with van der Waals surface area (Å²) >= 11 is 5.74. The Morgan fingerprint density at radius 3 is 1.76 bits per heavy atom. The van der Waals surface area contributed by atoms with E-state index < -0.39 is 8.80 Å². The van der Waals surface area contributed by atoms with E-state index in [2.05, 4.69) is 6.92 Å². The molecule has 0 aliphatic heterocycles. The van der Waals surface area contributed by atoms with E-state index in [1.54, 1.807) is 14.2 Å². The first kappa shape index (κ1) is 21.4. The standard InChI is InChI=1S/C16H35ClO3Si/c1-4-5-6-7-8-9-10-11-12-15-20-21(18-2,19-3)16-13-14-17/h4-16H2,1-3H3. The third-order valence-electron chi connectivity index (χ3n) is 3.81. The molecule has 0 aliphatic rings. The second kappa shape index (κ2) is 15.3. The number of alkyl halides is 1. The summed E-state index contributed by atoms with van der Waals surface area (Å²) in [4.78, 5) is 0. The van der Waals surface area contributed by atoms with Crippen molar-refractivity contribution in [1.29, 1.82) is 0 Å². The molecule has 0 aromatic rings. The van der Waals surface area contributed by atoms with E-state index in [-0.39, 0.29) is 0 Å². The molecule has 0 heterocycles. The molecule has 0 bridgehead atoms. The largest absolute Gasteiger partial charge is 0.500 e. The summed E-state index contributed by atoms with van der Waals surface area (Å²) in [7, 11) is 0.922. The minimum Gasteiger partial charge on any atom is -0.377 e. The van der Waals surface area contributed by atoms with Gasteiger partial charge in [0.1, 0.15) is 0 Å². The van der Waals surface area contributed by atoms with Crippen molar-refractivity contribution in [2.45, 2.75) is 77.2 Å². The van der Waals surface area contributed by atoms with E-state index in [0.717, 1.165) is 25.5 Å². The Balaban J connectivity index is 3.53. The van der Waals surface area contributed by atoms with Crippen LogP contribution < -0.4 is 0 Å². The molecule has 0 N–H and O–H groups in total. The third-order valence-corrected chi connectivity index (χ3v) is 6.93. The Labute approximate surface area is 138 Å². The Morgan fingerprint density at radius 2 is 1.29 bits per heavy atom. The molecule has 0 fully saturated rings. The van der Waals surface area contributed by atoms with Gasteiger partial charge in [-0.25, -0.2) is 0 Å². The van der Waals surface area contributed by atoms with Gasteiger partial charge < -0.3 is 13.3 Å². The second-order valence-electron chi connectivity index (χ2n) is 5.56. The third kappa shape index (κ3) is 11.6. The van der Waals surface area contributed by atoms with Crippen molar-refractivity contribution >= 4 is 20.4 Å². The lowest BCUT2D eigenvalue weighted by molar-refractivity contribution is 0.0961. The number of rotatable bonds is 16. The average molecular weight is 339 g/mol. The van der Waals surface area contributed by atoms with Crippen molar-refractivity contribution in [1.82, 2.24) is 0 Å². The molecular formula is C16H35ClO3Si. The van der Waals surface area contributed by atoms with Crippen LogP contribution in [0.4, 0.5) is 0 Å². The van der Waals surface area contributed by atoms with Crippen LogP contribution in [0.2, 0.25) is 6.04 Å². The summed E-state index contributed by atoms with van der Waals surface area (Å²) in [6, 6.07) is 0.806. The van der Waals surface area contributed by atoms with Crippen LogP contribution in [0, 0.1) is 0 Å². The molecule has 0 rings (SSSR count). The normalized spacial score (nSPS) is 12.0. The molecule has 0 aliphatic carbocycles. The molecule has 0 aromatic heterocycles. The van der Waals surface area contributed by atoms with Gasteiger partial charge in [0.2, 0.25) is 0 Å². The molecule has 0 unspecified atom stereocenters. The van der Waals surface area contributed by atoms with Crippen LogP contribution in [-0.4, -0.2) is 35.5 Å². The van der Waals surface area contributed by atoms with Gasteiger partial charge in [0.05, 0.1) is 0 Å². The highest BCUT2D eigenvalue weighted by atomic mass is 35.5. The lowest BCUT2D eigenvalue weighted by Gasteiger charge is -2.26. The molecule has 21 heavy (non-hydrogen) atoms. The van der Waals surface area contributed by atoms with Crippen LogP contribution in [0.1, 0.15) is 71.1 Å². The van der Waals surface area contributed by atoms with Crippen LogP contribution in [0.25, 0.3) is 0 Å². The van der Waals surface area contributed by atoms with Crippen molar-refractivity contribution < 1.29 is 13.3 Å². The fourth-order valence-electron chi connectivity index (χ4n) is 2.40. The minimum absolute atomic E-state index is 0.628. The Kier molecular flexibility index (Phi) is 15.6. The first-order chi connectivity index (χ1) is 10.2. The zero-order valence-corrected chi connectivity index (χ0v) is 16.1. The average Bonchev–Trinajstić information content (AvgIpc) is 2.52. The van der Waals surface area contributed by atoms with Gasteiger partial charge in [-0.1, -0.05) is 58.3 Å². The first-order valence-electron chi connectivity index (χ1n) is 8.55. The van der Waals surface area contributed by atoms with Gasteiger partial charge in [-0.15, -0.1) is 11.6 Å². The van der Waals surface area contributed by atoms with Crippen molar-refractivity contribution in [3.8, 4) is 0 Å². The topological polar surface area (TPSA) is 27.7 Å². The van der Waals surface area contributed by atoms with Crippen molar-refractivity contribution in [3.63, 3.8) is 0 Å². The van der Waals surface area contributed by atoms with Gasteiger partial charge in [-0.05, 0) is 12.8 Å². The highest BCUT2D eigenvalue weighted by Crippen LogP contribution is 2.17. The lowest BCUT2D eigenvalue weighted by atomic mass is 10.1. The number of hydrogen-bond donors (Lipinski definition) is 0. The molecule has 0 amide bonds. The maximum atomic E-state index is 5.93. The highest BCUT2D eigenvalue weighted by molar-refractivity contribution is 6.60. The molecule has 0 aromatic carbocycles. The van der Waals surface area contributed by atoms with Crippen LogP contribution in [-0.2, 0) is 13.3 Å². The summed E-state index contributed by atoms with van der Waals surface area (Å²) in [6.07, 6.45) is 12.8. The maximum absolute atomic E-state index is 5.93. The van der Waals surface area contributed by atoms with Crippen molar-refractivity contribution in [3.05, 3.63) is 0 Å². The summed E-state index contributed by atoms with van der Waals surface area (Å²) in [5, 5.41) is 0. The molecule has 5 heteroatoms. The molecule has 0 saturated carbocycles. The van der Waals surface area contributed by atoms with Gasteiger partial charge in [0.25, 0.3) is 0 Å². The summed E-state index contributed by atoms with van der Waals surface area (Å²) in [6.45, 7) is 3.00. The van der Waals surface area contributed by atoms with E-state index in [1.807, 2.05) is 0 Å². The van der Waals surface area contributed by atoms with Gasteiger partial charge in [-0.2, -0.15) is 0 Å². The van der Waals surface area contributed by atoms with Crippen LogP contribution in [0.3, 0.4) is 0 Å². The highest BCUT2D eigenvalue weighted by Gasteiger charge is 2.37. The monoisotopic (exact) mass is 338 g/mol. The SMILES string of the molecule is CCCCCCCCCCCO[Si](CCCCl)(OC)OC. The predicted octanol–water partition coefficient (Wildman–Crippen LogP) is 5.39. The summed E-state index contributed by atoms with van der Waals surface area (Å²) in [5.74, 6) is 0.628. The maximum Gasteiger partial charge on any atom is 0.500 e. The predicted molar refractivity (Wildman–Crippen MR) is 93.1 cm³/mol. The van der Waals surface area contributed by atoms with Gasteiger partial charge in [0.15, 0.2) is 0 Å². The Hall–Kier alpha value is 0.387. The van der Waals surface area contributed by atoms with E-state index in [9.17, 15) is 0 Å². The van der Waals surface area contributed by atoms with Crippen LogP contribution in [0.5, 0.6) is 0 Å². The van der Waals surface area contributed by atoms with Crippen LogP contribution >= 0.6 is 11.6 Å². The van der Waals surface area contributed by atoms with E-state index in [0.29, 0.717) is 5.88 Å². The molecule has 0 atom stereocenters. The molecular weight excluding hydrogens is 304 g/mol. The van der Waals surface area contributed by atoms with Crippen molar-refractivity contribution in [2.24, 2.45) is 0 Å². The van der Waals surface area contributed by atoms with E-state index in [1.165, 1.54) is 51.4 Å². The second-order valence-corrected chi connectivity index (χ2v) is 8.91. The Morgan fingerprint density at radius 1 is 0.762 bits per heavy atom. The molecule has 3 nitrogen and oxygen atoms in total. The van der Waals surface area contributed by atoms with Crippen molar-refractivity contribution in [2.75, 3.05) is 26.7 Å². The lowest BCUT2D eigenvalue weighted by Crippen LogP contribution is -2.44. The van der Waals surface area contributed by atoms with Crippen LogP contribution in [0.15, 0.2) is 0 Å². The Bertz CT molecular complexity index is 214. The summed E-state index contributed by atoms with van der Waals surface area (Å²) < 4.78 is 16.9. The molecule has 0 radical (unpaired) electrons. The number of halogens is 1. The number of unbranched alkanes of at least 4 members (excludes halogenated alkanes) is 8. The van der Waals surface area contributed by atoms with Gasteiger partial charge in [-0.3, -0.25) is 0 Å². The zero-order chi connectivity index (χ0) is 15.8. The fraction of sp³-hybridized carbons (Fsp3) is 1.00. The van der Waals surface area contributed by atoms with E-state index in [4.69, 9.17) is 24.9 Å². The minimum atomic E-state index is -2.44. The molecule has 0 spiro atoms. The smallest absolute Gasteiger partial charge is 0.377 e. The quantitative estimate of drug-likeness (QED) is 0.214. The first-order valence-corrected chi connectivity index (χ1v) is 11.0. The van der Waals surface area contributed by atoms with Gasteiger partial charge in [0, 0.05) is 32.8 Å². The molecule has 128 valence electrons. The zero-order valence-electron chi connectivity index (χ0n) is 14.3. The van der Waals surface area contributed by atoms with Gasteiger partial charge >= 0.3 is 8.80 Å². The number of hydrogen-bond acceptors (Lipinski definition) is 3.